The van der Waals surface area contributed by atoms with Crippen molar-refractivity contribution in [1.29, 1.82) is 0 Å². The second-order valence-corrected chi connectivity index (χ2v) is 5.26. The Morgan fingerprint density at radius 2 is 1.86 bits per heavy atom. The highest BCUT2D eigenvalue weighted by atomic mass is 15.2. The van der Waals surface area contributed by atoms with E-state index in [-0.39, 0.29) is 0 Å². The van der Waals surface area contributed by atoms with Crippen molar-refractivity contribution in [1.82, 2.24) is 4.90 Å². The lowest BCUT2D eigenvalue weighted by Crippen LogP contribution is -2.44. The van der Waals surface area contributed by atoms with Crippen molar-refractivity contribution < 1.29 is 0 Å². The van der Waals surface area contributed by atoms with Crippen molar-refractivity contribution in [2.75, 3.05) is 13.6 Å². The summed E-state index contributed by atoms with van der Waals surface area (Å²) in [6.45, 7) is 7.70. The topological polar surface area (TPSA) is 29.3 Å². The third-order valence-corrected chi connectivity index (χ3v) is 3.54. The molecule has 0 heterocycles. The lowest BCUT2D eigenvalue weighted by atomic mass is 10.0. The van der Waals surface area contributed by atoms with Gasteiger partial charge in [0.2, 0.25) is 0 Å². The molecule has 0 saturated heterocycles. The van der Waals surface area contributed by atoms with Gasteiger partial charge in [-0.15, -0.1) is 0 Å². The fourth-order valence-electron chi connectivity index (χ4n) is 2.22. The molecule has 2 unspecified atom stereocenters. The standard InChI is InChI=1S/C12H26N2/c1-9(2)7-12(8-13)14(4)10(3)11-5-6-11/h9-12H,5-8,13H2,1-4H3. The van der Waals surface area contributed by atoms with Gasteiger partial charge in [-0.1, -0.05) is 13.8 Å². The van der Waals surface area contributed by atoms with Crippen LogP contribution in [0.2, 0.25) is 0 Å². The molecule has 0 amide bonds. The predicted molar refractivity (Wildman–Crippen MR) is 62.2 cm³/mol. The third kappa shape index (κ3) is 3.25. The summed E-state index contributed by atoms with van der Waals surface area (Å²) < 4.78 is 0. The van der Waals surface area contributed by atoms with Crippen molar-refractivity contribution >= 4 is 0 Å². The molecule has 2 nitrogen and oxygen atoms in total. The average molecular weight is 198 g/mol. The lowest BCUT2D eigenvalue weighted by molar-refractivity contribution is 0.152. The summed E-state index contributed by atoms with van der Waals surface area (Å²) in [7, 11) is 2.24. The molecule has 1 aliphatic rings. The molecule has 2 N–H and O–H groups in total. The number of likely N-dealkylation sites (N-methyl/N-ethyl adjacent to an activating group) is 1. The maximum Gasteiger partial charge on any atom is 0.0220 e. The van der Waals surface area contributed by atoms with Crippen LogP contribution in [0.4, 0.5) is 0 Å². The third-order valence-electron chi connectivity index (χ3n) is 3.54. The van der Waals surface area contributed by atoms with E-state index >= 15 is 0 Å². The molecule has 0 bridgehead atoms. The smallest absolute Gasteiger partial charge is 0.0220 e. The molecule has 1 fully saturated rings. The Kier molecular flexibility index (Phi) is 4.39. The summed E-state index contributed by atoms with van der Waals surface area (Å²) in [5.74, 6) is 1.69. The summed E-state index contributed by atoms with van der Waals surface area (Å²) in [6, 6.07) is 1.30. The number of hydrogen-bond donors (Lipinski definition) is 1. The first kappa shape index (κ1) is 12.0. The Bertz CT molecular complexity index is 164. The Balaban J connectivity index is 2.40. The summed E-state index contributed by atoms with van der Waals surface area (Å²) >= 11 is 0. The Morgan fingerprint density at radius 3 is 2.21 bits per heavy atom. The molecule has 0 aliphatic heterocycles. The Hall–Kier alpha value is -0.0800. The van der Waals surface area contributed by atoms with Crippen molar-refractivity contribution in [2.24, 2.45) is 17.6 Å². The van der Waals surface area contributed by atoms with E-state index in [0.29, 0.717) is 6.04 Å². The van der Waals surface area contributed by atoms with Crippen LogP contribution in [0, 0.1) is 11.8 Å². The van der Waals surface area contributed by atoms with Crippen molar-refractivity contribution in [3.8, 4) is 0 Å². The number of rotatable bonds is 6. The number of hydrogen-bond acceptors (Lipinski definition) is 2. The number of nitrogens with zero attached hydrogens (tertiary/aromatic N) is 1. The van der Waals surface area contributed by atoms with Crippen LogP contribution in [-0.2, 0) is 0 Å². The monoisotopic (exact) mass is 198 g/mol. The summed E-state index contributed by atoms with van der Waals surface area (Å²) in [6.07, 6.45) is 4.07. The van der Waals surface area contributed by atoms with E-state index in [1.165, 1.54) is 19.3 Å². The van der Waals surface area contributed by atoms with Gasteiger partial charge < -0.3 is 5.73 Å². The van der Waals surface area contributed by atoms with Crippen LogP contribution in [0.15, 0.2) is 0 Å². The van der Waals surface area contributed by atoms with Gasteiger partial charge in [0.05, 0.1) is 0 Å². The normalized spacial score (nSPS) is 21.6. The first-order chi connectivity index (χ1) is 6.56. The minimum absolute atomic E-state index is 0.575. The zero-order valence-corrected chi connectivity index (χ0v) is 10.2. The van der Waals surface area contributed by atoms with Gasteiger partial charge in [0, 0.05) is 18.6 Å². The molecule has 14 heavy (non-hydrogen) atoms. The van der Waals surface area contributed by atoms with E-state index < -0.39 is 0 Å². The van der Waals surface area contributed by atoms with Gasteiger partial charge in [-0.05, 0) is 45.1 Å². The quantitative estimate of drug-likeness (QED) is 0.708. The van der Waals surface area contributed by atoms with E-state index in [4.69, 9.17) is 5.73 Å². The van der Waals surface area contributed by atoms with Crippen LogP contribution < -0.4 is 5.73 Å². The summed E-state index contributed by atoms with van der Waals surface area (Å²) in [4.78, 5) is 2.50. The van der Waals surface area contributed by atoms with Gasteiger partial charge >= 0.3 is 0 Å². The molecule has 1 aliphatic carbocycles. The predicted octanol–water partition coefficient (Wildman–Crippen LogP) is 2.09. The molecule has 1 rings (SSSR count). The fraction of sp³-hybridized carbons (Fsp3) is 1.00. The highest BCUT2D eigenvalue weighted by Crippen LogP contribution is 2.35. The van der Waals surface area contributed by atoms with E-state index in [9.17, 15) is 0 Å². The second-order valence-electron chi connectivity index (χ2n) is 5.26. The number of nitrogens with two attached hydrogens (primary N) is 1. The first-order valence-electron chi connectivity index (χ1n) is 5.98. The Labute approximate surface area is 88.8 Å². The maximum atomic E-state index is 5.84. The van der Waals surface area contributed by atoms with Crippen LogP contribution in [0.5, 0.6) is 0 Å². The highest BCUT2D eigenvalue weighted by molar-refractivity contribution is 4.87. The van der Waals surface area contributed by atoms with Crippen LogP contribution in [0.3, 0.4) is 0 Å². The van der Waals surface area contributed by atoms with Crippen LogP contribution in [0.25, 0.3) is 0 Å². The molecule has 0 spiro atoms. The Morgan fingerprint density at radius 1 is 1.29 bits per heavy atom. The zero-order chi connectivity index (χ0) is 10.7. The lowest BCUT2D eigenvalue weighted by Gasteiger charge is -2.33. The van der Waals surface area contributed by atoms with Crippen molar-refractivity contribution in [3.05, 3.63) is 0 Å². The van der Waals surface area contributed by atoms with Crippen LogP contribution in [-0.4, -0.2) is 30.6 Å². The molecular formula is C12H26N2. The fourth-order valence-corrected chi connectivity index (χ4v) is 2.22. The van der Waals surface area contributed by atoms with Gasteiger partial charge in [-0.2, -0.15) is 0 Å². The highest BCUT2D eigenvalue weighted by Gasteiger charge is 2.32. The average Bonchev–Trinajstić information content (AvgIpc) is 2.94. The van der Waals surface area contributed by atoms with E-state index in [1.54, 1.807) is 0 Å². The molecule has 2 heteroatoms. The molecule has 84 valence electrons. The van der Waals surface area contributed by atoms with Crippen molar-refractivity contribution in [3.63, 3.8) is 0 Å². The molecule has 0 aromatic rings. The molecule has 0 aromatic carbocycles. The van der Waals surface area contributed by atoms with Gasteiger partial charge in [-0.25, -0.2) is 0 Å². The second kappa shape index (κ2) is 5.13. The largest absolute Gasteiger partial charge is 0.329 e. The maximum absolute atomic E-state index is 5.84. The van der Waals surface area contributed by atoms with Gasteiger partial charge in [0.25, 0.3) is 0 Å². The first-order valence-corrected chi connectivity index (χ1v) is 5.98. The molecule has 1 saturated carbocycles. The van der Waals surface area contributed by atoms with Crippen LogP contribution in [0.1, 0.15) is 40.0 Å². The van der Waals surface area contributed by atoms with Gasteiger partial charge in [0.1, 0.15) is 0 Å². The van der Waals surface area contributed by atoms with Crippen molar-refractivity contribution in [2.45, 2.75) is 52.1 Å². The van der Waals surface area contributed by atoms with Gasteiger partial charge in [0.15, 0.2) is 0 Å². The summed E-state index contributed by atoms with van der Waals surface area (Å²) in [5, 5.41) is 0. The van der Waals surface area contributed by atoms with Gasteiger partial charge in [-0.3, -0.25) is 4.90 Å². The van der Waals surface area contributed by atoms with Crippen LogP contribution >= 0.6 is 0 Å². The SMILES string of the molecule is CC(C)CC(CN)N(C)C(C)C1CC1. The summed E-state index contributed by atoms with van der Waals surface area (Å²) in [5.41, 5.74) is 5.84. The molecular weight excluding hydrogens is 172 g/mol. The zero-order valence-electron chi connectivity index (χ0n) is 10.2. The molecule has 0 radical (unpaired) electrons. The molecule has 2 atom stereocenters. The minimum atomic E-state index is 0.575. The molecule has 0 aromatic heterocycles. The van der Waals surface area contributed by atoms with E-state index in [2.05, 4.69) is 32.7 Å². The minimum Gasteiger partial charge on any atom is -0.329 e. The van der Waals surface area contributed by atoms with E-state index in [0.717, 1.165) is 24.4 Å². The van der Waals surface area contributed by atoms with E-state index in [1.807, 2.05) is 0 Å².